The Balaban J connectivity index is 2.30. The summed E-state index contributed by atoms with van der Waals surface area (Å²) in [4.78, 5) is 22.0. The summed E-state index contributed by atoms with van der Waals surface area (Å²) in [5, 5.41) is 10.3. The normalized spacial score (nSPS) is 11.5. The summed E-state index contributed by atoms with van der Waals surface area (Å²) in [5.41, 5.74) is 1.45. The predicted octanol–water partition coefficient (Wildman–Crippen LogP) is 2.71. The van der Waals surface area contributed by atoms with Gasteiger partial charge < -0.3 is 10.1 Å². The van der Waals surface area contributed by atoms with Crippen molar-refractivity contribution in [2.24, 2.45) is 0 Å². The maximum absolute atomic E-state index is 13.7. The third-order valence-corrected chi connectivity index (χ3v) is 3.09. The van der Waals surface area contributed by atoms with Gasteiger partial charge in [-0.2, -0.15) is 0 Å². The fourth-order valence-corrected chi connectivity index (χ4v) is 1.86. The lowest BCUT2D eigenvalue weighted by atomic mass is 9.98. The molecule has 0 aliphatic heterocycles. The lowest BCUT2D eigenvalue weighted by Gasteiger charge is -2.09. The first kappa shape index (κ1) is 15.5. The maximum Gasteiger partial charge on any atom is 0.248 e. The fourth-order valence-electron chi connectivity index (χ4n) is 1.86. The molecule has 2 rings (SSSR count). The Morgan fingerprint density at radius 3 is 2.68 bits per heavy atom. The number of nitrogens with zero attached hydrogens (tertiary/aromatic N) is 2. The monoisotopic (exact) mass is 299 g/mol. The number of carbonyl (C=O) groups is 2. The van der Waals surface area contributed by atoms with Crippen molar-refractivity contribution in [3.63, 3.8) is 0 Å². The number of benzene rings is 1. The van der Waals surface area contributed by atoms with Crippen LogP contribution >= 0.6 is 0 Å². The van der Waals surface area contributed by atoms with Crippen LogP contribution in [0.3, 0.4) is 0 Å². The topological polar surface area (TPSA) is 72.0 Å². The van der Waals surface area contributed by atoms with Gasteiger partial charge >= 0.3 is 0 Å². The van der Waals surface area contributed by atoms with Crippen LogP contribution in [-0.4, -0.2) is 22.4 Å². The van der Waals surface area contributed by atoms with Crippen LogP contribution in [0.4, 0.5) is 10.2 Å². The van der Waals surface area contributed by atoms with Gasteiger partial charge in [0.05, 0.1) is 5.69 Å². The van der Waals surface area contributed by atoms with Crippen molar-refractivity contribution in [2.75, 3.05) is 5.32 Å². The van der Waals surface area contributed by atoms with Gasteiger partial charge in [0.1, 0.15) is 12.1 Å². The number of hydrogen-bond acceptors (Lipinski definition) is 4. The second kappa shape index (κ2) is 6.71. The number of aldehydes is 1. The van der Waals surface area contributed by atoms with E-state index in [0.29, 0.717) is 23.1 Å². The minimum absolute atomic E-state index is 0.289. The Morgan fingerprint density at radius 2 is 2.09 bits per heavy atom. The van der Waals surface area contributed by atoms with Crippen LogP contribution in [0, 0.1) is 5.82 Å². The van der Waals surface area contributed by atoms with Crippen LogP contribution in [-0.2, 0) is 9.59 Å². The second-order valence-electron chi connectivity index (χ2n) is 4.66. The lowest BCUT2D eigenvalue weighted by Crippen LogP contribution is -2.09. The molecule has 5 nitrogen and oxygen atoms in total. The molecule has 6 heteroatoms. The second-order valence-corrected chi connectivity index (χ2v) is 4.66. The first-order valence-corrected chi connectivity index (χ1v) is 6.57. The van der Waals surface area contributed by atoms with E-state index in [2.05, 4.69) is 22.1 Å². The Hall–Kier alpha value is -2.89. The zero-order chi connectivity index (χ0) is 16.1. The zero-order valence-corrected chi connectivity index (χ0v) is 11.9. The molecule has 1 heterocycles. The lowest BCUT2D eigenvalue weighted by molar-refractivity contribution is -0.112. The van der Waals surface area contributed by atoms with Crippen molar-refractivity contribution in [2.45, 2.75) is 12.8 Å². The van der Waals surface area contributed by atoms with E-state index in [1.54, 1.807) is 31.2 Å². The van der Waals surface area contributed by atoms with E-state index in [-0.39, 0.29) is 11.7 Å². The quantitative estimate of drug-likeness (QED) is 0.680. The number of carbonyl (C=O) groups excluding carboxylic acids is 2. The van der Waals surface area contributed by atoms with Gasteiger partial charge in [-0.3, -0.25) is 4.79 Å². The predicted molar refractivity (Wildman–Crippen MR) is 80.7 cm³/mol. The summed E-state index contributed by atoms with van der Waals surface area (Å²) in [6.07, 6.45) is 1.81. The molecule has 1 aromatic heterocycles. The molecule has 1 N–H and O–H groups in total. The highest BCUT2D eigenvalue weighted by Gasteiger charge is 2.12. The first-order valence-electron chi connectivity index (χ1n) is 6.57. The number of halogens is 1. The number of anilines is 1. The summed E-state index contributed by atoms with van der Waals surface area (Å²) in [6, 6.07) is 7.65. The summed E-state index contributed by atoms with van der Waals surface area (Å²) in [5.74, 6) is -1.08. The van der Waals surface area contributed by atoms with Crippen LogP contribution in [0.5, 0.6) is 0 Å². The SMILES string of the molecule is C=CC(=O)Nc1ccc(-c2ccc(F)c(C(C)C=O)c2)nn1. The van der Waals surface area contributed by atoms with E-state index in [9.17, 15) is 14.0 Å². The van der Waals surface area contributed by atoms with E-state index in [0.717, 1.165) is 6.08 Å². The highest BCUT2D eigenvalue weighted by Crippen LogP contribution is 2.24. The first-order chi connectivity index (χ1) is 10.5. The Kier molecular flexibility index (Phi) is 4.73. The Bertz CT molecular complexity index is 714. The van der Waals surface area contributed by atoms with Crippen LogP contribution in [0.15, 0.2) is 43.0 Å². The zero-order valence-electron chi connectivity index (χ0n) is 11.9. The highest BCUT2D eigenvalue weighted by atomic mass is 19.1. The van der Waals surface area contributed by atoms with Crippen LogP contribution in [0.25, 0.3) is 11.3 Å². The summed E-state index contributed by atoms with van der Waals surface area (Å²) >= 11 is 0. The van der Waals surface area contributed by atoms with Crippen molar-refractivity contribution in [1.82, 2.24) is 10.2 Å². The minimum atomic E-state index is -0.543. The molecule has 1 atom stereocenters. The number of amides is 1. The van der Waals surface area contributed by atoms with Gasteiger partial charge in [0.15, 0.2) is 5.82 Å². The average Bonchev–Trinajstić information content (AvgIpc) is 2.55. The van der Waals surface area contributed by atoms with Gasteiger partial charge in [0.2, 0.25) is 5.91 Å². The summed E-state index contributed by atoms with van der Waals surface area (Å²) < 4.78 is 13.7. The molecule has 22 heavy (non-hydrogen) atoms. The van der Waals surface area contributed by atoms with Crippen molar-refractivity contribution < 1.29 is 14.0 Å². The van der Waals surface area contributed by atoms with Crippen molar-refractivity contribution in [3.05, 3.63) is 54.4 Å². The molecule has 0 aliphatic rings. The minimum Gasteiger partial charge on any atom is -0.306 e. The molecule has 1 amide bonds. The number of aromatic nitrogens is 2. The van der Waals surface area contributed by atoms with Crippen molar-refractivity contribution >= 4 is 18.0 Å². The average molecular weight is 299 g/mol. The molecule has 0 saturated heterocycles. The number of nitrogens with one attached hydrogen (secondary N) is 1. The van der Waals surface area contributed by atoms with Crippen molar-refractivity contribution in [3.8, 4) is 11.3 Å². The van der Waals surface area contributed by atoms with Gasteiger partial charge in [-0.05, 0) is 42.0 Å². The molecule has 2 aromatic rings. The summed E-state index contributed by atoms with van der Waals surface area (Å²) in [7, 11) is 0. The molecule has 0 spiro atoms. The molecule has 1 aromatic carbocycles. The Morgan fingerprint density at radius 1 is 1.32 bits per heavy atom. The van der Waals surface area contributed by atoms with E-state index in [4.69, 9.17) is 0 Å². The molecule has 0 saturated carbocycles. The molecular weight excluding hydrogens is 285 g/mol. The highest BCUT2D eigenvalue weighted by molar-refractivity contribution is 5.98. The molecule has 0 aliphatic carbocycles. The van der Waals surface area contributed by atoms with Crippen LogP contribution < -0.4 is 5.32 Å². The van der Waals surface area contributed by atoms with Gasteiger partial charge in [-0.15, -0.1) is 10.2 Å². The van der Waals surface area contributed by atoms with Crippen LogP contribution in [0.1, 0.15) is 18.4 Å². The standard InChI is InChI=1S/C16H14FN3O2/c1-3-16(22)18-15-7-6-14(19-20-15)11-4-5-13(17)12(8-11)10(2)9-21/h3-10H,1H2,2H3,(H,18,20,22). The molecule has 0 bridgehead atoms. The fraction of sp³-hybridized carbons (Fsp3) is 0.125. The number of rotatable bonds is 5. The molecule has 1 unspecified atom stereocenters. The van der Waals surface area contributed by atoms with Crippen molar-refractivity contribution in [1.29, 1.82) is 0 Å². The Labute approximate surface area is 126 Å². The van der Waals surface area contributed by atoms with Crippen LogP contribution in [0.2, 0.25) is 0 Å². The van der Waals surface area contributed by atoms with Gasteiger partial charge in [0.25, 0.3) is 0 Å². The third-order valence-electron chi connectivity index (χ3n) is 3.09. The largest absolute Gasteiger partial charge is 0.306 e. The van der Waals surface area contributed by atoms with Gasteiger partial charge in [-0.1, -0.05) is 13.5 Å². The smallest absolute Gasteiger partial charge is 0.248 e. The molecule has 112 valence electrons. The van der Waals surface area contributed by atoms with Gasteiger partial charge in [0, 0.05) is 11.5 Å². The third kappa shape index (κ3) is 3.41. The summed E-state index contributed by atoms with van der Waals surface area (Å²) in [6.45, 7) is 4.96. The molecular formula is C16H14FN3O2. The van der Waals surface area contributed by atoms with E-state index in [1.807, 2.05) is 0 Å². The van der Waals surface area contributed by atoms with E-state index < -0.39 is 11.7 Å². The van der Waals surface area contributed by atoms with Gasteiger partial charge in [-0.25, -0.2) is 4.39 Å². The molecule has 0 radical (unpaired) electrons. The number of hydrogen-bond donors (Lipinski definition) is 1. The molecule has 0 fully saturated rings. The van der Waals surface area contributed by atoms with E-state index in [1.165, 1.54) is 6.07 Å². The van der Waals surface area contributed by atoms with E-state index >= 15 is 0 Å². The maximum atomic E-state index is 13.7.